The highest BCUT2D eigenvalue weighted by atomic mass is 16.1. The molecule has 1 amide bonds. The first-order chi connectivity index (χ1) is 12.7. The summed E-state index contributed by atoms with van der Waals surface area (Å²) in [5.41, 5.74) is 8.63. The summed E-state index contributed by atoms with van der Waals surface area (Å²) in [5.74, 6) is 11.0. The number of nitrogens with zero attached hydrogens (tertiary/aromatic N) is 1. The van der Waals surface area contributed by atoms with Crippen LogP contribution in [-0.4, -0.2) is 18.7 Å². The van der Waals surface area contributed by atoms with Crippen LogP contribution in [0.15, 0.2) is 65.8 Å². The van der Waals surface area contributed by atoms with Gasteiger partial charge in [-0.2, -0.15) is 5.10 Å². The van der Waals surface area contributed by atoms with Gasteiger partial charge in [0.1, 0.15) is 0 Å². The molecule has 5 nitrogen and oxygen atoms in total. The quantitative estimate of drug-likeness (QED) is 0.224. The van der Waals surface area contributed by atoms with Crippen LogP contribution in [0.3, 0.4) is 0 Å². The third kappa shape index (κ3) is 4.19. The summed E-state index contributed by atoms with van der Waals surface area (Å²) < 4.78 is 0. The van der Waals surface area contributed by atoms with Crippen LogP contribution in [-0.2, 0) is 0 Å². The number of carbonyl (C=O) groups excluding carboxylic acids is 1. The van der Waals surface area contributed by atoms with Gasteiger partial charge in [0.15, 0.2) is 0 Å². The van der Waals surface area contributed by atoms with Crippen LogP contribution in [0.4, 0.5) is 5.69 Å². The molecule has 0 unspecified atom stereocenters. The summed E-state index contributed by atoms with van der Waals surface area (Å²) in [6.07, 6.45) is 1.61. The number of nitrogens with two attached hydrogens (primary N) is 2. The predicted molar refractivity (Wildman–Crippen MR) is 106 cm³/mol. The lowest BCUT2D eigenvalue weighted by Gasteiger charge is -2.02. The number of fused-ring (bicyclic) bond motifs is 1. The van der Waals surface area contributed by atoms with Gasteiger partial charge in [0.05, 0.1) is 12.8 Å². The normalized spacial score (nSPS) is 10.5. The van der Waals surface area contributed by atoms with Crippen LogP contribution in [0, 0.1) is 11.8 Å². The third-order valence-corrected chi connectivity index (χ3v) is 3.83. The predicted octanol–water partition coefficient (Wildman–Crippen LogP) is 2.50. The number of hydrogen-bond donors (Lipinski definition) is 3. The van der Waals surface area contributed by atoms with Gasteiger partial charge in [-0.05, 0) is 58.8 Å². The topological polar surface area (TPSA) is 93.5 Å². The lowest BCUT2D eigenvalue weighted by molar-refractivity contribution is 0.0958. The summed E-state index contributed by atoms with van der Waals surface area (Å²) in [6.45, 7) is 0.271. The van der Waals surface area contributed by atoms with Gasteiger partial charge in [-0.15, -0.1) is 0 Å². The van der Waals surface area contributed by atoms with E-state index in [0.29, 0.717) is 11.3 Å². The molecule has 0 aliphatic carbocycles. The molecule has 0 aliphatic rings. The van der Waals surface area contributed by atoms with Crippen LogP contribution < -0.4 is 16.9 Å². The van der Waals surface area contributed by atoms with Gasteiger partial charge in [-0.1, -0.05) is 30.0 Å². The molecular weight excluding hydrogens is 324 g/mol. The first-order valence-corrected chi connectivity index (χ1v) is 8.05. The minimum Gasteiger partial charge on any atom is -0.399 e. The largest absolute Gasteiger partial charge is 0.399 e. The van der Waals surface area contributed by atoms with Crippen molar-refractivity contribution in [2.45, 2.75) is 0 Å². The molecule has 0 heterocycles. The van der Waals surface area contributed by atoms with E-state index in [1.165, 1.54) is 0 Å². The Labute approximate surface area is 151 Å². The fourth-order valence-electron chi connectivity index (χ4n) is 2.52. The number of nitrogen functional groups attached to an aromatic ring is 1. The smallest absolute Gasteiger partial charge is 0.252 e. The number of amides is 1. The summed E-state index contributed by atoms with van der Waals surface area (Å²) in [7, 11) is 0. The summed E-state index contributed by atoms with van der Waals surface area (Å²) in [5, 5.41) is 8.47. The van der Waals surface area contributed by atoms with E-state index in [1.54, 1.807) is 30.5 Å². The van der Waals surface area contributed by atoms with Gasteiger partial charge in [-0.25, -0.2) is 0 Å². The zero-order valence-electron chi connectivity index (χ0n) is 14.1. The first-order valence-electron chi connectivity index (χ1n) is 8.05. The molecule has 0 aromatic heterocycles. The molecule has 0 bridgehead atoms. The van der Waals surface area contributed by atoms with E-state index in [-0.39, 0.29) is 12.5 Å². The third-order valence-electron chi connectivity index (χ3n) is 3.83. The van der Waals surface area contributed by atoms with Crippen molar-refractivity contribution in [2.75, 3.05) is 12.3 Å². The van der Waals surface area contributed by atoms with E-state index < -0.39 is 0 Å². The zero-order chi connectivity index (χ0) is 18.4. The van der Waals surface area contributed by atoms with Crippen molar-refractivity contribution in [3.05, 3.63) is 77.4 Å². The van der Waals surface area contributed by atoms with Crippen molar-refractivity contribution < 1.29 is 4.79 Å². The van der Waals surface area contributed by atoms with Gasteiger partial charge in [0, 0.05) is 16.8 Å². The molecule has 0 saturated carbocycles. The number of benzene rings is 3. The molecule has 5 heteroatoms. The average molecular weight is 342 g/mol. The summed E-state index contributed by atoms with van der Waals surface area (Å²) >= 11 is 0. The lowest BCUT2D eigenvalue weighted by atomic mass is 10.0. The SMILES string of the molecule is NN=Cc1ccc2cc(C#CCNC(=O)c3ccc(N)cc3)ccc2c1. The Morgan fingerprint density at radius 1 is 1.04 bits per heavy atom. The average Bonchev–Trinajstić information content (AvgIpc) is 2.66. The van der Waals surface area contributed by atoms with Gasteiger partial charge in [-0.3, -0.25) is 4.79 Å². The fourth-order valence-corrected chi connectivity index (χ4v) is 2.52. The van der Waals surface area contributed by atoms with Crippen molar-refractivity contribution in [2.24, 2.45) is 10.9 Å². The minimum absolute atomic E-state index is 0.174. The second-order valence-electron chi connectivity index (χ2n) is 5.71. The van der Waals surface area contributed by atoms with E-state index in [1.807, 2.05) is 36.4 Å². The van der Waals surface area contributed by atoms with Crippen molar-refractivity contribution in [3.63, 3.8) is 0 Å². The van der Waals surface area contributed by atoms with Crippen LogP contribution in [0.1, 0.15) is 21.5 Å². The van der Waals surface area contributed by atoms with E-state index in [0.717, 1.165) is 21.9 Å². The number of nitrogens with one attached hydrogen (secondary N) is 1. The maximum Gasteiger partial charge on any atom is 0.252 e. The molecule has 0 saturated heterocycles. The Morgan fingerprint density at radius 2 is 1.77 bits per heavy atom. The van der Waals surface area contributed by atoms with Gasteiger partial charge in [0.2, 0.25) is 0 Å². The molecule has 0 radical (unpaired) electrons. The fraction of sp³-hybridized carbons (Fsp3) is 0.0476. The van der Waals surface area contributed by atoms with Gasteiger partial charge in [0.25, 0.3) is 5.91 Å². The maximum atomic E-state index is 12.0. The van der Waals surface area contributed by atoms with Gasteiger partial charge >= 0.3 is 0 Å². The molecular formula is C21H18N4O. The Bertz CT molecular complexity index is 1030. The number of carbonyl (C=O) groups is 1. The molecule has 0 atom stereocenters. The van der Waals surface area contributed by atoms with Crippen LogP contribution >= 0.6 is 0 Å². The first kappa shape index (κ1) is 17.1. The van der Waals surface area contributed by atoms with Crippen LogP contribution in [0.5, 0.6) is 0 Å². The Balaban J connectivity index is 1.65. The molecule has 0 spiro atoms. The van der Waals surface area contributed by atoms with E-state index in [4.69, 9.17) is 11.6 Å². The Morgan fingerprint density at radius 3 is 2.54 bits per heavy atom. The van der Waals surface area contributed by atoms with Crippen LogP contribution in [0.2, 0.25) is 0 Å². The highest BCUT2D eigenvalue weighted by molar-refractivity contribution is 5.94. The standard InChI is InChI=1S/C21H18N4O/c22-20-9-7-17(8-10-20)21(26)24-11-1-2-15-3-5-19-13-16(14-25-23)4-6-18(19)12-15/h3-10,12-14H,11,22-23H2,(H,24,26). The highest BCUT2D eigenvalue weighted by Gasteiger charge is 2.02. The zero-order valence-corrected chi connectivity index (χ0v) is 14.1. The molecule has 0 fully saturated rings. The van der Waals surface area contributed by atoms with Crippen molar-refractivity contribution in [3.8, 4) is 11.8 Å². The van der Waals surface area contributed by atoms with E-state index in [2.05, 4.69) is 22.3 Å². The molecule has 26 heavy (non-hydrogen) atoms. The Hall–Kier alpha value is -3.78. The lowest BCUT2D eigenvalue weighted by Crippen LogP contribution is -2.23. The molecule has 3 aromatic carbocycles. The van der Waals surface area contributed by atoms with E-state index in [9.17, 15) is 4.79 Å². The van der Waals surface area contributed by atoms with Gasteiger partial charge < -0.3 is 16.9 Å². The highest BCUT2D eigenvalue weighted by Crippen LogP contribution is 2.17. The Kier molecular flexibility index (Phi) is 5.16. The van der Waals surface area contributed by atoms with Crippen molar-refractivity contribution >= 4 is 28.6 Å². The molecule has 3 rings (SSSR count). The second kappa shape index (κ2) is 7.86. The maximum absolute atomic E-state index is 12.0. The summed E-state index contributed by atoms with van der Waals surface area (Å²) in [6, 6.07) is 18.7. The number of hydrazone groups is 1. The molecule has 5 N–H and O–H groups in total. The molecule has 3 aromatic rings. The second-order valence-corrected chi connectivity index (χ2v) is 5.71. The number of hydrogen-bond acceptors (Lipinski definition) is 4. The van der Waals surface area contributed by atoms with Crippen molar-refractivity contribution in [1.82, 2.24) is 5.32 Å². The number of rotatable bonds is 3. The monoisotopic (exact) mass is 342 g/mol. The number of anilines is 1. The summed E-state index contributed by atoms with van der Waals surface area (Å²) in [4.78, 5) is 12.0. The van der Waals surface area contributed by atoms with E-state index >= 15 is 0 Å². The molecule has 0 aliphatic heterocycles. The minimum atomic E-state index is -0.174. The van der Waals surface area contributed by atoms with Crippen molar-refractivity contribution in [1.29, 1.82) is 0 Å². The van der Waals surface area contributed by atoms with Crippen LogP contribution in [0.25, 0.3) is 10.8 Å². The molecule has 128 valence electrons.